The Balaban J connectivity index is 0.948. The lowest BCUT2D eigenvalue weighted by atomic mass is 9.49. The zero-order valence-electron chi connectivity index (χ0n) is 24.8. The van der Waals surface area contributed by atoms with E-state index in [-0.39, 0.29) is 11.7 Å². The van der Waals surface area contributed by atoms with Crippen molar-refractivity contribution in [3.8, 4) is 16.9 Å². The predicted molar refractivity (Wildman–Crippen MR) is 163 cm³/mol. The zero-order valence-corrected chi connectivity index (χ0v) is 24.8. The first kappa shape index (κ1) is 29.1. The Morgan fingerprint density at radius 3 is 2.16 bits per heavy atom. The first-order valence-corrected chi connectivity index (χ1v) is 15.8. The van der Waals surface area contributed by atoms with E-state index in [1.54, 1.807) is 6.07 Å². The third-order valence-corrected chi connectivity index (χ3v) is 10.4. The molecule has 2 N–H and O–H groups in total. The number of benzene rings is 2. The summed E-state index contributed by atoms with van der Waals surface area (Å²) in [7, 11) is 0. The quantitative estimate of drug-likeness (QED) is 0.313. The normalized spacial score (nSPS) is 26.6. The van der Waals surface area contributed by atoms with Gasteiger partial charge in [-0.15, -0.1) is 0 Å². The number of pyridine rings is 1. The molecule has 1 aliphatic heterocycles. The molecule has 0 atom stereocenters. The van der Waals surface area contributed by atoms with Gasteiger partial charge in [-0.25, -0.2) is 0 Å². The lowest BCUT2D eigenvalue weighted by molar-refractivity contribution is -0.137. The lowest BCUT2D eigenvalue weighted by Crippen LogP contribution is -2.51. The standard InChI is InChI=1S/C35H39F3N4O2/c36-35(37,38)30-13-26(12-28(14-30)29-15-32(43)20-39-19-29)21-41-5-7-42(8-6-41)31-3-1-27(2-4-31)33(44)40-22-34-16-23-9-24(17-34)11-25(10-23)18-34/h1-4,12-15,19-20,23-25,43H,5-11,16-18,21-22H2,(H,40,44). The number of nitrogens with zero attached hydrogens (tertiary/aromatic N) is 3. The van der Waals surface area contributed by atoms with Gasteiger partial charge in [0, 0.05) is 62.3 Å². The summed E-state index contributed by atoms with van der Waals surface area (Å²) < 4.78 is 41.2. The van der Waals surface area contributed by atoms with Gasteiger partial charge in [-0.05, 0) is 121 Å². The number of alkyl halides is 3. The summed E-state index contributed by atoms with van der Waals surface area (Å²) in [5.41, 5.74) is 2.69. The van der Waals surface area contributed by atoms with Crippen LogP contribution >= 0.6 is 0 Å². The first-order chi connectivity index (χ1) is 21.1. The van der Waals surface area contributed by atoms with Crippen LogP contribution in [0.15, 0.2) is 60.9 Å². The summed E-state index contributed by atoms with van der Waals surface area (Å²) in [5, 5.41) is 13.1. The number of anilines is 1. The van der Waals surface area contributed by atoms with E-state index in [1.165, 1.54) is 63.1 Å². The molecule has 44 heavy (non-hydrogen) atoms. The summed E-state index contributed by atoms with van der Waals surface area (Å²) in [6, 6.07) is 13.3. The summed E-state index contributed by atoms with van der Waals surface area (Å²) >= 11 is 0. The predicted octanol–water partition coefficient (Wildman–Crippen LogP) is 6.74. The van der Waals surface area contributed by atoms with Gasteiger partial charge < -0.3 is 15.3 Å². The molecule has 3 aromatic rings. The zero-order chi connectivity index (χ0) is 30.5. The third kappa shape index (κ3) is 6.16. The number of hydrogen-bond acceptors (Lipinski definition) is 5. The summed E-state index contributed by atoms with van der Waals surface area (Å²) in [6.07, 6.45) is 6.23. The minimum absolute atomic E-state index is 0.000863. The molecular weight excluding hydrogens is 565 g/mol. The van der Waals surface area contributed by atoms with E-state index < -0.39 is 11.7 Å². The number of carbonyl (C=O) groups is 1. The molecule has 5 aliphatic rings. The third-order valence-electron chi connectivity index (χ3n) is 10.4. The van der Waals surface area contributed by atoms with Crippen LogP contribution in [0.2, 0.25) is 0 Å². The van der Waals surface area contributed by atoms with Crippen molar-refractivity contribution in [2.24, 2.45) is 23.2 Å². The van der Waals surface area contributed by atoms with Crippen molar-refractivity contribution in [2.45, 2.75) is 51.2 Å². The molecule has 4 saturated carbocycles. The van der Waals surface area contributed by atoms with Crippen molar-refractivity contribution < 1.29 is 23.1 Å². The maximum absolute atomic E-state index is 13.7. The van der Waals surface area contributed by atoms with E-state index >= 15 is 0 Å². The summed E-state index contributed by atoms with van der Waals surface area (Å²) in [5.74, 6) is 2.50. The van der Waals surface area contributed by atoms with Gasteiger partial charge in [-0.3, -0.25) is 14.7 Å². The highest BCUT2D eigenvalue weighted by atomic mass is 19.4. The number of piperazine rings is 1. The number of halogens is 3. The number of aromatic hydroxyl groups is 1. The Morgan fingerprint density at radius 2 is 1.55 bits per heavy atom. The molecule has 4 bridgehead atoms. The largest absolute Gasteiger partial charge is 0.506 e. The van der Waals surface area contributed by atoms with E-state index in [0.29, 0.717) is 47.3 Å². The minimum atomic E-state index is -4.48. The number of hydrogen-bond donors (Lipinski definition) is 2. The van der Waals surface area contributed by atoms with Gasteiger partial charge in [0.1, 0.15) is 5.75 Å². The molecule has 2 aromatic carbocycles. The molecular formula is C35H39F3N4O2. The second-order valence-electron chi connectivity index (χ2n) is 13.8. The Labute approximate surface area is 256 Å². The van der Waals surface area contributed by atoms with Gasteiger partial charge >= 0.3 is 6.18 Å². The molecule has 0 spiro atoms. The van der Waals surface area contributed by atoms with Gasteiger partial charge in [0.05, 0.1) is 11.8 Å². The molecule has 232 valence electrons. The van der Waals surface area contributed by atoms with Gasteiger partial charge in [0.25, 0.3) is 5.91 Å². The molecule has 0 radical (unpaired) electrons. The van der Waals surface area contributed by atoms with Crippen LogP contribution < -0.4 is 10.2 Å². The van der Waals surface area contributed by atoms with Gasteiger partial charge in [0.2, 0.25) is 0 Å². The molecule has 8 rings (SSSR count). The number of carbonyl (C=O) groups excluding carboxylic acids is 1. The fraction of sp³-hybridized carbons (Fsp3) is 0.486. The fourth-order valence-corrected chi connectivity index (χ4v) is 8.82. The smallest absolute Gasteiger partial charge is 0.416 e. The van der Waals surface area contributed by atoms with Crippen LogP contribution in [-0.4, -0.2) is 53.6 Å². The Kier molecular flexibility index (Phi) is 7.55. The number of rotatable bonds is 7. The van der Waals surface area contributed by atoms with E-state index in [0.717, 1.165) is 49.1 Å². The van der Waals surface area contributed by atoms with Crippen LogP contribution in [0.5, 0.6) is 5.75 Å². The highest BCUT2D eigenvalue weighted by Gasteiger charge is 2.50. The number of aromatic nitrogens is 1. The fourth-order valence-electron chi connectivity index (χ4n) is 8.82. The molecule has 1 aromatic heterocycles. The lowest BCUT2D eigenvalue weighted by Gasteiger charge is -2.56. The Hall–Kier alpha value is -3.59. The number of amides is 1. The second kappa shape index (κ2) is 11.4. The van der Waals surface area contributed by atoms with Crippen LogP contribution in [-0.2, 0) is 12.7 Å². The molecule has 2 heterocycles. The summed E-state index contributed by atoms with van der Waals surface area (Å²) in [6.45, 7) is 4.05. The molecule has 5 fully saturated rings. The SMILES string of the molecule is O=C(NCC12CC3CC(CC(C3)C1)C2)c1ccc(N2CCN(Cc3cc(-c4cncc(O)c4)cc(C(F)(F)F)c3)CC2)cc1. The van der Waals surface area contributed by atoms with Crippen LogP contribution in [0, 0.1) is 23.2 Å². The Bertz CT molecular complexity index is 1480. The van der Waals surface area contributed by atoms with Crippen molar-refractivity contribution in [3.05, 3.63) is 77.6 Å². The molecule has 4 aliphatic carbocycles. The second-order valence-corrected chi connectivity index (χ2v) is 13.8. The van der Waals surface area contributed by atoms with E-state index in [9.17, 15) is 23.1 Å². The molecule has 0 unspecified atom stereocenters. The highest BCUT2D eigenvalue weighted by molar-refractivity contribution is 5.94. The topological polar surface area (TPSA) is 68.7 Å². The number of nitrogens with one attached hydrogen (secondary N) is 1. The maximum Gasteiger partial charge on any atom is 0.416 e. The average molecular weight is 605 g/mol. The van der Waals surface area contributed by atoms with Crippen molar-refractivity contribution in [3.63, 3.8) is 0 Å². The van der Waals surface area contributed by atoms with E-state index in [4.69, 9.17) is 0 Å². The summed E-state index contributed by atoms with van der Waals surface area (Å²) in [4.78, 5) is 21.4. The Morgan fingerprint density at radius 1 is 0.886 bits per heavy atom. The minimum Gasteiger partial charge on any atom is -0.506 e. The maximum atomic E-state index is 13.7. The van der Waals surface area contributed by atoms with E-state index in [1.807, 2.05) is 24.3 Å². The van der Waals surface area contributed by atoms with Crippen LogP contribution in [0.4, 0.5) is 18.9 Å². The van der Waals surface area contributed by atoms with E-state index in [2.05, 4.69) is 20.1 Å². The highest BCUT2D eigenvalue weighted by Crippen LogP contribution is 2.59. The van der Waals surface area contributed by atoms with Crippen LogP contribution in [0.25, 0.3) is 11.1 Å². The van der Waals surface area contributed by atoms with Crippen molar-refractivity contribution >= 4 is 11.6 Å². The van der Waals surface area contributed by atoms with Crippen molar-refractivity contribution in [1.82, 2.24) is 15.2 Å². The first-order valence-electron chi connectivity index (χ1n) is 15.8. The molecule has 6 nitrogen and oxygen atoms in total. The van der Waals surface area contributed by atoms with Crippen molar-refractivity contribution in [2.75, 3.05) is 37.6 Å². The molecule has 1 amide bonds. The van der Waals surface area contributed by atoms with Crippen molar-refractivity contribution in [1.29, 1.82) is 0 Å². The monoisotopic (exact) mass is 604 g/mol. The van der Waals surface area contributed by atoms with Crippen LogP contribution in [0.1, 0.15) is 60.0 Å². The molecule has 1 saturated heterocycles. The molecule has 9 heteroatoms. The van der Waals surface area contributed by atoms with Gasteiger partial charge in [-0.1, -0.05) is 0 Å². The van der Waals surface area contributed by atoms with Gasteiger partial charge in [-0.2, -0.15) is 13.2 Å². The van der Waals surface area contributed by atoms with Gasteiger partial charge in [0.15, 0.2) is 0 Å². The average Bonchev–Trinajstić information content (AvgIpc) is 2.99. The van der Waals surface area contributed by atoms with Crippen LogP contribution in [0.3, 0.4) is 0 Å².